The molecule has 0 saturated carbocycles. The van der Waals surface area contributed by atoms with Gasteiger partial charge in [-0.3, -0.25) is 4.79 Å². The molecule has 8 nitrogen and oxygen atoms in total. The summed E-state index contributed by atoms with van der Waals surface area (Å²) >= 11 is 1.28. The van der Waals surface area contributed by atoms with E-state index < -0.39 is 0 Å². The molecule has 0 saturated heterocycles. The molecule has 190 valence electrons. The van der Waals surface area contributed by atoms with E-state index in [2.05, 4.69) is 23.9 Å². The first-order chi connectivity index (χ1) is 18.5. The summed E-state index contributed by atoms with van der Waals surface area (Å²) in [6.45, 7) is 5.04. The Morgan fingerprint density at radius 1 is 1.03 bits per heavy atom. The van der Waals surface area contributed by atoms with Crippen LogP contribution in [0.4, 0.5) is 0 Å². The van der Waals surface area contributed by atoms with Gasteiger partial charge in [-0.1, -0.05) is 43.4 Å². The van der Waals surface area contributed by atoms with Gasteiger partial charge in [-0.15, -0.1) is 5.10 Å². The highest BCUT2D eigenvalue weighted by Gasteiger charge is 2.16. The predicted octanol–water partition coefficient (Wildman–Crippen LogP) is 5.24. The predicted molar refractivity (Wildman–Crippen MR) is 148 cm³/mol. The lowest BCUT2D eigenvalue weighted by molar-refractivity contribution is 0.289. The van der Waals surface area contributed by atoms with Crippen molar-refractivity contribution in [1.82, 2.24) is 24.4 Å². The Kier molecular flexibility index (Phi) is 6.35. The van der Waals surface area contributed by atoms with E-state index in [0.717, 1.165) is 34.7 Å². The van der Waals surface area contributed by atoms with Crippen molar-refractivity contribution in [3.63, 3.8) is 0 Å². The average molecular weight is 524 g/mol. The molecule has 0 bridgehead atoms. The lowest BCUT2D eigenvalue weighted by Gasteiger charge is -2.08. The molecule has 0 aliphatic rings. The second-order valence-corrected chi connectivity index (χ2v) is 10.3. The first-order valence-corrected chi connectivity index (χ1v) is 13.2. The molecule has 0 amide bonds. The minimum Gasteiger partial charge on any atom is -0.494 e. The van der Waals surface area contributed by atoms with E-state index in [1.807, 2.05) is 71.6 Å². The zero-order chi connectivity index (χ0) is 26.1. The lowest BCUT2D eigenvalue weighted by Crippen LogP contribution is -2.23. The lowest BCUT2D eigenvalue weighted by atomic mass is 10.1. The van der Waals surface area contributed by atoms with Crippen LogP contribution in [0.1, 0.15) is 25.8 Å². The Morgan fingerprint density at radius 2 is 1.84 bits per heavy atom. The summed E-state index contributed by atoms with van der Waals surface area (Å²) < 4.78 is 14.9. The molecule has 4 heterocycles. The van der Waals surface area contributed by atoms with E-state index in [9.17, 15) is 4.79 Å². The van der Waals surface area contributed by atoms with E-state index in [1.54, 1.807) is 18.4 Å². The number of ether oxygens (including phenoxy) is 1. The van der Waals surface area contributed by atoms with Gasteiger partial charge in [0.2, 0.25) is 10.8 Å². The van der Waals surface area contributed by atoms with Crippen molar-refractivity contribution in [2.24, 2.45) is 5.92 Å². The Hall–Kier alpha value is -4.50. The van der Waals surface area contributed by atoms with Gasteiger partial charge in [0, 0.05) is 17.3 Å². The molecular formula is C29H25N5O3S. The average Bonchev–Trinajstić information content (AvgIpc) is 3.72. The van der Waals surface area contributed by atoms with E-state index >= 15 is 0 Å². The molecule has 38 heavy (non-hydrogen) atoms. The number of nitrogens with zero attached hydrogens (tertiary/aromatic N) is 5. The SMILES string of the molecule is CC(C)CCOc1ccc(-c2nn(-c3ccccc3)cc2/C=c2\sc3nc(-c4ccco4)nn3c2=O)cc1. The van der Waals surface area contributed by atoms with Crippen molar-refractivity contribution < 1.29 is 9.15 Å². The van der Waals surface area contributed by atoms with Crippen molar-refractivity contribution in [3.8, 4) is 34.3 Å². The third-order valence-corrected chi connectivity index (χ3v) is 7.02. The van der Waals surface area contributed by atoms with Crippen LogP contribution >= 0.6 is 11.3 Å². The monoisotopic (exact) mass is 523 g/mol. The smallest absolute Gasteiger partial charge is 0.291 e. The zero-order valence-electron chi connectivity index (χ0n) is 20.9. The fourth-order valence-electron chi connectivity index (χ4n) is 4.04. The normalized spacial score (nSPS) is 12.1. The number of benzene rings is 2. The quantitative estimate of drug-likeness (QED) is 0.271. The topological polar surface area (TPSA) is 87.4 Å². The number of hydrogen-bond acceptors (Lipinski definition) is 7. The van der Waals surface area contributed by atoms with E-state index in [1.165, 1.54) is 15.9 Å². The molecule has 0 unspecified atom stereocenters. The molecule has 6 rings (SSSR count). The number of fused-ring (bicyclic) bond motifs is 1. The van der Waals surface area contributed by atoms with Crippen LogP contribution in [-0.4, -0.2) is 31.0 Å². The van der Waals surface area contributed by atoms with E-state index in [-0.39, 0.29) is 5.56 Å². The summed E-state index contributed by atoms with van der Waals surface area (Å²) in [5.74, 6) is 2.32. The van der Waals surface area contributed by atoms with Crippen LogP contribution in [0.2, 0.25) is 0 Å². The third kappa shape index (κ3) is 4.76. The minimum absolute atomic E-state index is 0.234. The maximum Gasteiger partial charge on any atom is 0.291 e. The van der Waals surface area contributed by atoms with Gasteiger partial charge in [-0.25, -0.2) is 4.68 Å². The zero-order valence-corrected chi connectivity index (χ0v) is 21.8. The molecule has 0 spiro atoms. The highest BCUT2D eigenvalue weighted by Crippen LogP contribution is 2.27. The highest BCUT2D eigenvalue weighted by molar-refractivity contribution is 7.15. The Morgan fingerprint density at radius 3 is 2.55 bits per heavy atom. The minimum atomic E-state index is -0.234. The van der Waals surface area contributed by atoms with E-state index in [4.69, 9.17) is 14.3 Å². The molecule has 9 heteroatoms. The van der Waals surface area contributed by atoms with Gasteiger partial charge >= 0.3 is 0 Å². The summed E-state index contributed by atoms with van der Waals surface area (Å²) in [4.78, 5) is 18.2. The van der Waals surface area contributed by atoms with Gasteiger partial charge in [-0.05, 0) is 66.9 Å². The first kappa shape index (κ1) is 23.9. The van der Waals surface area contributed by atoms with Gasteiger partial charge in [0.25, 0.3) is 5.56 Å². The summed E-state index contributed by atoms with van der Waals surface area (Å²) in [6, 6.07) is 21.3. The number of para-hydroxylation sites is 1. The molecule has 0 atom stereocenters. The third-order valence-electron chi connectivity index (χ3n) is 6.06. The van der Waals surface area contributed by atoms with Gasteiger partial charge in [0.05, 0.1) is 23.1 Å². The number of furan rings is 1. The molecule has 0 N–H and O–H groups in total. The van der Waals surface area contributed by atoms with Gasteiger partial charge in [0.15, 0.2) is 5.76 Å². The maximum absolute atomic E-state index is 13.2. The standard InChI is InChI=1S/C29H25N5O3S/c1-19(2)14-16-36-23-12-10-20(11-13-23)26-21(18-33(31-26)22-7-4-3-5-8-22)17-25-28(35)34-29(38-25)30-27(32-34)24-9-6-15-37-24/h3-13,15,17-19H,14,16H2,1-2H3/b25-17-. The molecule has 6 aromatic rings. The van der Waals surface area contributed by atoms with Crippen molar-refractivity contribution in [2.45, 2.75) is 20.3 Å². The molecule has 0 radical (unpaired) electrons. The van der Waals surface area contributed by atoms with Crippen LogP contribution in [-0.2, 0) is 0 Å². The second-order valence-electron chi connectivity index (χ2n) is 9.29. The van der Waals surface area contributed by atoms with Crippen LogP contribution in [0, 0.1) is 5.92 Å². The molecular weight excluding hydrogens is 498 g/mol. The Labute approximate surface area is 222 Å². The number of rotatable bonds is 8. The summed E-state index contributed by atoms with van der Waals surface area (Å²) in [5.41, 5.74) is 3.19. The van der Waals surface area contributed by atoms with Crippen LogP contribution in [0.25, 0.3) is 39.6 Å². The van der Waals surface area contributed by atoms with Crippen LogP contribution in [0.3, 0.4) is 0 Å². The molecule has 0 fully saturated rings. The number of thiazole rings is 1. The van der Waals surface area contributed by atoms with Crippen molar-refractivity contribution >= 4 is 22.4 Å². The Bertz CT molecular complexity index is 1780. The van der Waals surface area contributed by atoms with Gasteiger partial charge < -0.3 is 9.15 Å². The van der Waals surface area contributed by atoms with Crippen molar-refractivity contribution in [1.29, 1.82) is 0 Å². The fourth-order valence-corrected chi connectivity index (χ4v) is 4.94. The molecule has 4 aromatic heterocycles. The summed E-state index contributed by atoms with van der Waals surface area (Å²) in [7, 11) is 0. The van der Waals surface area contributed by atoms with E-state index in [0.29, 0.717) is 33.6 Å². The summed E-state index contributed by atoms with van der Waals surface area (Å²) in [5, 5.41) is 9.23. The van der Waals surface area contributed by atoms with Crippen LogP contribution < -0.4 is 14.8 Å². The second kappa shape index (κ2) is 10.1. The number of aromatic nitrogens is 5. The van der Waals surface area contributed by atoms with Crippen molar-refractivity contribution in [3.05, 3.63) is 99.6 Å². The van der Waals surface area contributed by atoms with Crippen LogP contribution in [0.15, 0.2) is 88.4 Å². The van der Waals surface area contributed by atoms with Crippen molar-refractivity contribution in [2.75, 3.05) is 6.61 Å². The molecule has 2 aromatic carbocycles. The van der Waals surface area contributed by atoms with Crippen LogP contribution in [0.5, 0.6) is 5.75 Å². The maximum atomic E-state index is 13.2. The molecule has 0 aliphatic heterocycles. The highest BCUT2D eigenvalue weighted by atomic mass is 32.1. The fraction of sp³-hybridized carbons (Fsp3) is 0.172. The Balaban J connectivity index is 1.39. The first-order valence-electron chi connectivity index (χ1n) is 12.4. The largest absolute Gasteiger partial charge is 0.494 e. The number of hydrogen-bond donors (Lipinski definition) is 0. The van der Waals surface area contributed by atoms with Gasteiger partial charge in [0.1, 0.15) is 11.4 Å². The summed E-state index contributed by atoms with van der Waals surface area (Å²) in [6.07, 6.45) is 6.34. The molecule has 0 aliphatic carbocycles. The van der Waals surface area contributed by atoms with Gasteiger partial charge in [-0.2, -0.15) is 14.6 Å².